The second-order valence-electron chi connectivity index (χ2n) is 1.73. The van der Waals surface area contributed by atoms with Crippen LogP contribution in [0.15, 0.2) is 11.4 Å². The molecule has 9 heavy (non-hydrogen) atoms. The molecule has 0 spiro atoms. The molecule has 1 aromatic heterocycles. The summed E-state index contributed by atoms with van der Waals surface area (Å²) in [5, 5.41) is 10.6. The summed E-state index contributed by atoms with van der Waals surface area (Å²) < 4.78 is 0. The minimum Gasteiger partial charge on any atom is -0.391 e. The fourth-order valence-corrected chi connectivity index (χ4v) is 1.46. The molecule has 0 aliphatic carbocycles. The molecule has 0 aliphatic rings. The highest BCUT2D eigenvalue weighted by molar-refractivity contribution is 7.10. The molecule has 3 N–H and O–H groups in total. The van der Waals surface area contributed by atoms with Crippen molar-refractivity contribution in [1.82, 2.24) is 0 Å². The lowest BCUT2D eigenvalue weighted by atomic mass is 10.3. The van der Waals surface area contributed by atoms with Crippen LogP contribution in [-0.4, -0.2) is 5.11 Å². The highest BCUT2D eigenvalue weighted by atomic mass is 32.1. The molecule has 2 nitrogen and oxygen atoms in total. The van der Waals surface area contributed by atoms with Crippen LogP contribution in [0, 0.1) is 0 Å². The van der Waals surface area contributed by atoms with Gasteiger partial charge in [-0.3, -0.25) is 0 Å². The molecule has 0 bridgehead atoms. The van der Waals surface area contributed by atoms with E-state index in [4.69, 9.17) is 10.8 Å². The van der Waals surface area contributed by atoms with E-state index < -0.39 is 0 Å². The maximum Gasteiger partial charge on any atom is 0.0777 e. The minimum atomic E-state index is 0.115. The Morgan fingerprint density at radius 1 is 1.67 bits per heavy atom. The molecule has 50 valence electrons. The molecule has 0 saturated heterocycles. The molecule has 1 heterocycles. The van der Waals surface area contributed by atoms with Gasteiger partial charge >= 0.3 is 0 Å². The maximum absolute atomic E-state index is 8.69. The minimum absolute atomic E-state index is 0.115. The number of hydrogen-bond acceptors (Lipinski definition) is 3. The number of hydrogen-bond donors (Lipinski definition) is 2. The summed E-state index contributed by atoms with van der Waals surface area (Å²) in [5.74, 6) is 0. The van der Waals surface area contributed by atoms with E-state index in [2.05, 4.69) is 0 Å². The standard InChI is InChI=1S/C6H9NOS/c7-3-5-1-2-9-6(5)4-8/h1-2,8H,3-4,7H2. The molecule has 0 atom stereocenters. The molecule has 0 amide bonds. The Morgan fingerprint density at radius 2 is 2.44 bits per heavy atom. The molecular weight excluding hydrogens is 134 g/mol. The summed E-state index contributed by atoms with van der Waals surface area (Å²) >= 11 is 1.54. The molecule has 0 fully saturated rings. The first-order valence-corrected chi connectivity index (χ1v) is 3.62. The van der Waals surface area contributed by atoms with E-state index >= 15 is 0 Å². The van der Waals surface area contributed by atoms with Gasteiger partial charge in [0.1, 0.15) is 0 Å². The molecule has 3 heteroatoms. The summed E-state index contributed by atoms with van der Waals surface area (Å²) in [4.78, 5) is 0.984. The van der Waals surface area contributed by atoms with Crippen molar-refractivity contribution in [3.05, 3.63) is 21.9 Å². The van der Waals surface area contributed by atoms with Crippen LogP contribution in [0.25, 0.3) is 0 Å². The Kier molecular flexibility index (Phi) is 2.22. The third kappa shape index (κ3) is 1.30. The number of rotatable bonds is 2. The van der Waals surface area contributed by atoms with Gasteiger partial charge in [0.05, 0.1) is 6.61 Å². The quantitative estimate of drug-likeness (QED) is 0.640. The molecule has 0 aromatic carbocycles. The van der Waals surface area contributed by atoms with Crippen LogP contribution in [0.5, 0.6) is 0 Å². The lowest BCUT2D eigenvalue weighted by Gasteiger charge is -1.92. The van der Waals surface area contributed by atoms with E-state index in [-0.39, 0.29) is 6.61 Å². The van der Waals surface area contributed by atoms with Crippen LogP contribution in [0.1, 0.15) is 10.4 Å². The molecular formula is C6H9NOS. The average molecular weight is 143 g/mol. The molecule has 0 saturated carbocycles. The Labute approximate surface area is 57.9 Å². The topological polar surface area (TPSA) is 46.2 Å². The summed E-state index contributed by atoms with van der Waals surface area (Å²) in [7, 11) is 0. The van der Waals surface area contributed by atoms with E-state index in [0.717, 1.165) is 10.4 Å². The molecule has 0 unspecified atom stereocenters. The second-order valence-corrected chi connectivity index (χ2v) is 2.73. The van der Waals surface area contributed by atoms with Crippen molar-refractivity contribution in [2.75, 3.05) is 0 Å². The van der Waals surface area contributed by atoms with Gasteiger partial charge in [0.2, 0.25) is 0 Å². The van der Waals surface area contributed by atoms with E-state index in [9.17, 15) is 0 Å². The smallest absolute Gasteiger partial charge is 0.0777 e. The summed E-state index contributed by atoms with van der Waals surface area (Å²) in [6, 6.07) is 1.94. The van der Waals surface area contributed by atoms with Gasteiger partial charge in [0.25, 0.3) is 0 Å². The predicted octanol–water partition coefficient (Wildman–Crippen LogP) is 0.699. The van der Waals surface area contributed by atoms with Gasteiger partial charge in [-0.25, -0.2) is 0 Å². The van der Waals surface area contributed by atoms with Crippen molar-refractivity contribution < 1.29 is 5.11 Å². The Morgan fingerprint density at radius 3 is 2.89 bits per heavy atom. The fraction of sp³-hybridized carbons (Fsp3) is 0.333. The first kappa shape index (κ1) is 6.74. The average Bonchev–Trinajstić information content (AvgIpc) is 2.33. The van der Waals surface area contributed by atoms with Crippen LogP contribution in [0.2, 0.25) is 0 Å². The first-order chi connectivity index (χ1) is 4.38. The molecule has 1 aromatic rings. The van der Waals surface area contributed by atoms with Gasteiger partial charge in [-0.2, -0.15) is 0 Å². The molecule has 0 radical (unpaired) electrons. The molecule has 0 aliphatic heterocycles. The fourth-order valence-electron chi connectivity index (χ4n) is 0.688. The lowest BCUT2D eigenvalue weighted by molar-refractivity contribution is 0.284. The van der Waals surface area contributed by atoms with E-state index in [0.29, 0.717) is 6.54 Å². The lowest BCUT2D eigenvalue weighted by Crippen LogP contribution is -1.97. The van der Waals surface area contributed by atoms with Crippen molar-refractivity contribution >= 4 is 11.3 Å². The monoisotopic (exact) mass is 143 g/mol. The van der Waals surface area contributed by atoms with Crippen molar-refractivity contribution in [3.8, 4) is 0 Å². The third-order valence-electron chi connectivity index (χ3n) is 1.20. The number of thiophene rings is 1. The van der Waals surface area contributed by atoms with Crippen molar-refractivity contribution in [2.45, 2.75) is 13.2 Å². The van der Waals surface area contributed by atoms with Crippen LogP contribution in [-0.2, 0) is 13.2 Å². The SMILES string of the molecule is NCc1ccsc1CO. The highest BCUT2D eigenvalue weighted by Gasteiger charge is 1.98. The molecule has 1 rings (SSSR count). The van der Waals surface area contributed by atoms with E-state index in [1.807, 2.05) is 11.4 Å². The van der Waals surface area contributed by atoms with Gasteiger partial charge < -0.3 is 10.8 Å². The van der Waals surface area contributed by atoms with E-state index in [1.165, 1.54) is 0 Å². The predicted molar refractivity (Wildman–Crippen MR) is 38.1 cm³/mol. The zero-order chi connectivity index (χ0) is 6.69. The highest BCUT2D eigenvalue weighted by Crippen LogP contribution is 2.15. The zero-order valence-electron chi connectivity index (χ0n) is 5.00. The van der Waals surface area contributed by atoms with Crippen LogP contribution < -0.4 is 5.73 Å². The summed E-state index contributed by atoms with van der Waals surface area (Å²) in [6.07, 6.45) is 0. The maximum atomic E-state index is 8.69. The van der Waals surface area contributed by atoms with Gasteiger partial charge in [-0.05, 0) is 17.0 Å². The van der Waals surface area contributed by atoms with Crippen molar-refractivity contribution in [1.29, 1.82) is 0 Å². The Balaban J connectivity index is 2.85. The Bertz CT molecular complexity index is 166. The second kappa shape index (κ2) is 2.96. The first-order valence-electron chi connectivity index (χ1n) is 2.74. The van der Waals surface area contributed by atoms with Crippen molar-refractivity contribution in [3.63, 3.8) is 0 Å². The van der Waals surface area contributed by atoms with Gasteiger partial charge in [0, 0.05) is 11.4 Å². The van der Waals surface area contributed by atoms with Gasteiger partial charge in [-0.15, -0.1) is 11.3 Å². The van der Waals surface area contributed by atoms with Crippen LogP contribution in [0.4, 0.5) is 0 Å². The number of nitrogens with two attached hydrogens (primary N) is 1. The largest absolute Gasteiger partial charge is 0.391 e. The van der Waals surface area contributed by atoms with Gasteiger partial charge in [0.15, 0.2) is 0 Å². The summed E-state index contributed by atoms with van der Waals surface area (Å²) in [6.45, 7) is 0.642. The summed E-state index contributed by atoms with van der Waals surface area (Å²) in [5.41, 5.74) is 6.42. The number of aliphatic hydroxyl groups excluding tert-OH is 1. The van der Waals surface area contributed by atoms with Gasteiger partial charge in [-0.1, -0.05) is 0 Å². The number of aliphatic hydroxyl groups is 1. The van der Waals surface area contributed by atoms with Crippen LogP contribution >= 0.6 is 11.3 Å². The Hall–Kier alpha value is -0.380. The zero-order valence-corrected chi connectivity index (χ0v) is 5.82. The van der Waals surface area contributed by atoms with Crippen molar-refractivity contribution in [2.24, 2.45) is 5.73 Å². The van der Waals surface area contributed by atoms with E-state index in [1.54, 1.807) is 11.3 Å². The third-order valence-corrected chi connectivity index (χ3v) is 2.15. The normalized spacial score (nSPS) is 10.0. The van der Waals surface area contributed by atoms with Crippen LogP contribution in [0.3, 0.4) is 0 Å².